The molecule has 84 valence electrons. The molecule has 0 bridgehead atoms. The van der Waals surface area contributed by atoms with Crippen molar-refractivity contribution in [3.8, 4) is 0 Å². The van der Waals surface area contributed by atoms with Gasteiger partial charge in [0.05, 0.1) is 0 Å². The minimum atomic E-state index is 0.773. The summed E-state index contributed by atoms with van der Waals surface area (Å²) in [5, 5.41) is 4.99. The lowest BCUT2D eigenvalue weighted by Crippen LogP contribution is -2.14. The average Bonchev–Trinajstić information content (AvgIpc) is 3.00. The maximum Gasteiger partial charge on any atom is 0.0489 e. The van der Waals surface area contributed by atoms with E-state index in [0.717, 1.165) is 12.6 Å². The van der Waals surface area contributed by atoms with E-state index in [0.29, 0.717) is 0 Å². The average molecular weight is 214 g/mol. The first-order valence-electron chi connectivity index (χ1n) is 6.05. The predicted octanol–water partition coefficient (Wildman–Crippen LogP) is 3.04. The summed E-state index contributed by atoms with van der Waals surface area (Å²) < 4.78 is 0. The molecule has 1 aromatic carbocycles. The molecule has 1 aliphatic carbocycles. The normalized spacial score (nSPS) is 15.9. The Labute approximate surface area is 96.1 Å². The van der Waals surface area contributed by atoms with E-state index in [4.69, 9.17) is 0 Å². The Morgan fingerprint density at radius 1 is 1.25 bits per heavy atom. The zero-order valence-electron chi connectivity index (χ0n) is 9.93. The third-order valence-corrected chi connectivity index (χ3v) is 3.49. The highest BCUT2D eigenvalue weighted by Crippen LogP contribution is 2.26. The Morgan fingerprint density at radius 3 is 2.75 bits per heavy atom. The van der Waals surface area contributed by atoms with Crippen LogP contribution in [0.2, 0.25) is 0 Å². The van der Waals surface area contributed by atoms with Gasteiger partial charge in [-0.2, -0.15) is 0 Å². The Kier molecular flexibility index (Phi) is 2.25. The zero-order chi connectivity index (χ0) is 11.1. The number of rotatable bonds is 3. The van der Waals surface area contributed by atoms with E-state index >= 15 is 0 Å². The van der Waals surface area contributed by atoms with Crippen LogP contribution in [0.4, 0.5) is 0 Å². The topological polar surface area (TPSA) is 27.8 Å². The van der Waals surface area contributed by atoms with Crippen LogP contribution in [0.25, 0.3) is 10.9 Å². The van der Waals surface area contributed by atoms with Gasteiger partial charge in [0.2, 0.25) is 0 Å². The van der Waals surface area contributed by atoms with Crippen molar-refractivity contribution in [2.75, 3.05) is 0 Å². The number of aromatic amines is 1. The summed E-state index contributed by atoms with van der Waals surface area (Å²) in [7, 11) is 0. The van der Waals surface area contributed by atoms with Gasteiger partial charge in [0.15, 0.2) is 0 Å². The maximum atomic E-state index is 3.58. The summed E-state index contributed by atoms with van der Waals surface area (Å²) >= 11 is 0. The van der Waals surface area contributed by atoms with Crippen molar-refractivity contribution in [2.24, 2.45) is 0 Å². The molecule has 1 saturated carbocycles. The molecule has 3 rings (SSSR count). The summed E-state index contributed by atoms with van der Waals surface area (Å²) in [6.07, 6.45) is 4.85. The van der Waals surface area contributed by atoms with Crippen LogP contribution in [0.1, 0.15) is 29.5 Å². The molecular weight excluding hydrogens is 196 g/mol. The maximum absolute atomic E-state index is 3.58. The molecule has 1 aromatic heterocycles. The van der Waals surface area contributed by atoms with Gasteiger partial charge in [0.1, 0.15) is 0 Å². The third kappa shape index (κ3) is 1.63. The minimum Gasteiger partial charge on any atom is -0.361 e. The Balaban J connectivity index is 2.00. The summed E-state index contributed by atoms with van der Waals surface area (Å²) in [5.41, 5.74) is 5.41. The number of nitrogens with one attached hydrogen (secondary N) is 2. The molecular formula is C14H18N2. The first kappa shape index (κ1) is 9.91. The van der Waals surface area contributed by atoms with E-state index in [9.17, 15) is 0 Å². The van der Waals surface area contributed by atoms with Gasteiger partial charge in [-0.05, 0) is 43.4 Å². The van der Waals surface area contributed by atoms with E-state index in [1.807, 2.05) is 0 Å². The summed E-state index contributed by atoms with van der Waals surface area (Å²) in [4.78, 5) is 3.40. The number of benzene rings is 1. The first-order chi connectivity index (χ1) is 7.75. The molecule has 2 heteroatoms. The number of aryl methyl sites for hydroxylation is 2. The van der Waals surface area contributed by atoms with Gasteiger partial charge in [-0.3, -0.25) is 0 Å². The summed E-state index contributed by atoms with van der Waals surface area (Å²) in [5.74, 6) is 0. The van der Waals surface area contributed by atoms with Crippen LogP contribution in [0.3, 0.4) is 0 Å². The number of hydrogen-bond donors (Lipinski definition) is 2. The molecule has 16 heavy (non-hydrogen) atoms. The smallest absolute Gasteiger partial charge is 0.0489 e. The van der Waals surface area contributed by atoms with Gasteiger partial charge in [0.25, 0.3) is 0 Å². The Bertz CT molecular complexity index is 521. The lowest BCUT2D eigenvalue weighted by atomic mass is 10.0. The highest BCUT2D eigenvalue weighted by molar-refractivity contribution is 5.88. The molecule has 2 nitrogen and oxygen atoms in total. The molecule has 0 unspecified atom stereocenters. The zero-order valence-corrected chi connectivity index (χ0v) is 9.93. The van der Waals surface area contributed by atoms with Crippen LogP contribution in [0.15, 0.2) is 18.3 Å². The van der Waals surface area contributed by atoms with Gasteiger partial charge in [-0.15, -0.1) is 0 Å². The largest absolute Gasteiger partial charge is 0.361 e. The van der Waals surface area contributed by atoms with Crippen LogP contribution < -0.4 is 5.32 Å². The van der Waals surface area contributed by atoms with E-state index in [1.165, 1.54) is 40.4 Å². The lowest BCUT2D eigenvalue weighted by Gasteiger charge is -2.04. The molecule has 1 heterocycles. The van der Waals surface area contributed by atoms with Crippen molar-refractivity contribution >= 4 is 10.9 Å². The second kappa shape index (κ2) is 3.63. The Morgan fingerprint density at radius 2 is 2.00 bits per heavy atom. The first-order valence-corrected chi connectivity index (χ1v) is 6.05. The van der Waals surface area contributed by atoms with Crippen molar-refractivity contribution in [2.45, 2.75) is 39.3 Å². The molecule has 0 atom stereocenters. The van der Waals surface area contributed by atoms with Crippen molar-refractivity contribution in [3.05, 3.63) is 35.0 Å². The molecule has 0 amide bonds. The van der Waals surface area contributed by atoms with Crippen molar-refractivity contribution < 1.29 is 0 Å². The molecule has 0 radical (unpaired) electrons. The van der Waals surface area contributed by atoms with Gasteiger partial charge in [0, 0.05) is 29.7 Å². The number of fused-ring (bicyclic) bond motifs is 1. The van der Waals surface area contributed by atoms with Crippen LogP contribution in [-0.4, -0.2) is 11.0 Å². The van der Waals surface area contributed by atoms with Crippen LogP contribution in [0, 0.1) is 13.8 Å². The SMILES string of the molecule is Cc1ccc(C)c2c(CNC3CC3)c[nH]c12. The molecule has 2 N–H and O–H groups in total. The van der Waals surface area contributed by atoms with Gasteiger partial charge in [-0.1, -0.05) is 12.1 Å². The molecule has 0 saturated heterocycles. The number of hydrogen-bond acceptors (Lipinski definition) is 1. The lowest BCUT2D eigenvalue weighted by molar-refractivity contribution is 0.691. The fourth-order valence-corrected chi connectivity index (χ4v) is 2.32. The van der Waals surface area contributed by atoms with Crippen LogP contribution in [-0.2, 0) is 6.54 Å². The second-order valence-corrected chi connectivity index (χ2v) is 4.92. The fraction of sp³-hybridized carbons (Fsp3) is 0.429. The molecule has 1 aliphatic rings. The molecule has 0 aliphatic heterocycles. The highest BCUT2D eigenvalue weighted by Gasteiger charge is 2.20. The molecule has 1 fully saturated rings. The van der Waals surface area contributed by atoms with E-state index in [-0.39, 0.29) is 0 Å². The van der Waals surface area contributed by atoms with Crippen molar-refractivity contribution in [1.82, 2.24) is 10.3 Å². The van der Waals surface area contributed by atoms with Gasteiger partial charge in [-0.25, -0.2) is 0 Å². The predicted molar refractivity (Wildman–Crippen MR) is 67.6 cm³/mol. The number of H-pyrrole nitrogens is 1. The summed E-state index contributed by atoms with van der Waals surface area (Å²) in [6.45, 7) is 5.35. The van der Waals surface area contributed by atoms with Crippen LogP contribution >= 0.6 is 0 Å². The minimum absolute atomic E-state index is 0.773. The second-order valence-electron chi connectivity index (χ2n) is 4.92. The fourth-order valence-electron chi connectivity index (χ4n) is 2.32. The van der Waals surface area contributed by atoms with Crippen molar-refractivity contribution in [3.63, 3.8) is 0 Å². The van der Waals surface area contributed by atoms with E-state index in [1.54, 1.807) is 0 Å². The Hall–Kier alpha value is -1.28. The van der Waals surface area contributed by atoms with Gasteiger partial charge < -0.3 is 10.3 Å². The van der Waals surface area contributed by atoms with Gasteiger partial charge >= 0.3 is 0 Å². The van der Waals surface area contributed by atoms with Crippen LogP contribution in [0.5, 0.6) is 0 Å². The molecule has 2 aromatic rings. The van der Waals surface area contributed by atoms with Crippen molar-refractivity contribution in [1.29, 1.82) is 0 Å². The monoisotopic (exact) mass is 214 g/mol. The van der Waals surface area contributed by atoms with E-state index in [2.05, 4.69) is 42.5 Å². The molecule has 0 spiro atoms. The van der Waals surface area contributed by atoms with E-state index < -0.39 is 0 Å². The summed E-state index contributed by atoms with van der Waals surface area (Å²) in [6, 6.07) is 5.17. The third-order valence-electron chi connectivity index (χ3n) is 3.49. The number of aromatic nitrogens is 1. The highest BCUT2D eigenvalue weighted by atomic mass is 14.9. The quantitative estimate of drug-likeness (QED) is 0.807. The standard InChI is InChI=1S/C14H18N2/c1-9-3-4-10(2)14-13(9)11(8-16-14)7-15-12-5-6-12/h3-4,8,12,15-16H,5-7H2,1-2H3.